The van der Waals surface area contributed by atoms with Crippen LogP contribution in [0.15, 0.2) is 17.4 Å². The summed E-state index contributed by atoms with van der Waals surface area (Å²) in [5.74, 6) is 0.495. The van der Waals surface area contributed by atoms with E-state index in [1.807, 2.05) is 4.90 Å². The number of rotatable bonds is 3. The Morgan fingerprint density at radius 1 is 1.24 bits per heavy atom. The maximum Gasteiger partial charge on any atom is 0.233 e. The smallest absolute Gasteiger partial charge is 0.233 e. The number of hydrogen-bond acceptors (Lipinski definition) is 4. The van der Waals surface area contributed by atoms with Crippen molar-refractivity contribution in [2.45, 2.75) is 24.4 Å². The summed E-state index contributed by atoms with van der Waals surface area (Å²) in [5.41, 5.74) is 0.550. The average molecular weight is 345 g/mol. The minimum Gasteiger partial charge on any atom is -0.342 e. The van der Waals surface area contributed by atoms with Crippen LogP contribution in [0.4, 0.5) is 0 Å². The molecular formula is C13H14Cl2N4OS. The summed E-state index contributed by atoms with van der Waals surface area (Å²) in [5, 5.41) is 9.69. The van der Waals surface area contributed by atoms with Gasteiger partial charge in [0.2, 0.25) is 5.91 Å². The molecule has 1 amide bonds. The lowest BCUT2D eigenvalue weighted by atomic mass is 10.1. The number of aromatic nitrogens is 3. The molecule has 0 radical (unpaired) electrons. The molecular weight excluding hydrogens is 331 g/mol. The van der Waals surface area contributed by atoms with Gasteiger partial charge in [0.05, 0.1) is 15.8 Å². The molecule has 0 aliphatic carbocycles. The Bertz CT molecular complexity index is 669. The second-order valence-corrected chi connectivity index (χ2v) is 6.70. The van der Waals surface area contributed by atoms with Crippen molar-refractivity contribution >= 4 is 46.5 Å². The van der Waals surface area contributed by atoms with Crippen molar-refractivity contribution in [3.8, 4) is 0 Å². The Hall–Kier alpha value is -0.980. The van der Waals surface area contributed by atoms with Crippen LogP contribution >= 0.6 is 35.0 Å². The maximum absolute atomic E-state index is 12.2. The molecule has 21 heavy (non-hydrogen) atoms. The van der Waals surface area contributed by atoms with Gasteiger partial charge in [0, 0.05) is 19.3 Å². The molecule has 5 nitrogen and oxygen atoms in total. The number of carbonyl (C=O) groups is 1. The minimum atomic E-state index is 0.143. The van der Waals surface area contributed by atoms with Crippen molar-refractivity contribution < 1.29 is 4.79 Å². The van der Waals surface area contributed by atoms with E-state index in [2.05, 4.69) is 10.2 Å². The molecule has 1 aliphatic rings. The van der Waals surface area contributed by atoms with Crippen molar-refractivity contribution in [1.82, 2.24) is 19.5 Å². The van der Waals surface area contributed by atoms with Gasteiger partial charge in [-0.25, -0.2) is 0 Å². The Labute approximate surface area is 136 Å². The molecule has 0 spiro atoms. The van der Waals surface area contributed by atoms with Gasteiger partial charge in [-0.05, 0) is 25.3 Å². The Morgan fingerprint density at radius 2 is 2.00 bits per heavy atom. The third-order valence-corrected chi connectivity index (χ3v) is 4.84. The number of likely N-dealkylation sites (tertiary alicyclic amines) is 1. The quantitative estimate of drug-likeness (QED) is 0.802. The number of pyridine rings is 1. The second-order valence-electron chi connectivity index (χ2n) is 4.91. The molecule has 0 N–H and O–H groups in total. The van der Waals surface area contributed by atoms with E-state index in [4.69, 9.17) is 23.2 Å². The van der Waals surface area contributed by atoms with E-state index in [1.54, 1.807) is 16.7 Å². The molecule has 112 valence electrons. The number of nitrogens with zero attached hydrogens (tertiary/aromatic N) is 4. The van der Waals surface area contributed by atoms with E-state index in [1.165, 1.54) is 18.2 Å². The summed E-state index contributed by atoms with van der Waals surface area (Å²) in [7, 11) is 0. The van der Waals surface area contributed by atoms with Gasteiger partial charge in [-0.15, -0.1) is 10.2 Å². The van der Waals surface area contributed by atoms with Crippen LogP contribution in [0.5, 0.6) is 0 Å². The fourth-order valence-electron chi connectivity index (χ4n) is 2.36. The zero-order valence-corrected chi connectivity index (χ0v) is 13.6. The molecule has 2 aromatic heterocycles. The summed E-state index contributed by atoms with van der Waals surface area (Å²) in [6.45, 7) is 1.72. The van der Waals surface area contributed by atoms with Crippen LogP contribution in [0.1, 0.15) is 19.3 Å². The van der Waals surface area contributed by atoms with E-state index in [0.29, 0.717) is 26.6 Å². The molecule has 8 heteroatoms. The van der Waals surface area contributed by atoms with Gasteiger partial charge in [-0.3, -0.25) is 9.20 Å². The summed E-state index contributed by atoms with van der Waals surface area (Å²) >= 11 is 13.4. The number of hydrogen-bond donors (Lipinski definition) is 0. The minimum absolute atomic E-state index is 0.143. The number of fused-ring (bicyclic) bond motifs is 1. The maximum atomic E-state index is 12.2. The zero-order valence-electron chi connectivity index (χ0n) is 11.3. The van der Waals surface area contributed by atoms with Crippen LogP contribution in [0.25, 0.3) is 5.65 Å². The molecule has 1 fully saturated rings. The predicted octanol–water partition coefficient (Wildman–Crippen LogP) is 3.14. The van der Waals surface area contributed by atoms with E-state index in [-0.39, 0.29) is 5.91 Å². The van der Waals surface area contributed by atoms with E-state index < -0.39 is 0 Å². The molecule has 0 bridgehead atoms. The molecule has 1 aliphatic heterocycles. The van der Waals surface area contributed by atoms with Crippen molar-refractivity contribution in [3.05, 3.63) is 22.3 Å². The Kier molecular flexibility index (Phi) is 4.57. The lowest BCUT2D eigenvalue weighted by Gasteiger charge is -2.26. The van der Waals surface area contributed by atoms with E-state index >= 15 is 0 Å². The topological polar surface area (TPSA) is 50.5 Å². The Morgan fingerprint density at radius 3 is 2.76 bits per heavy atom. The third-order valence-electron chi connectivity index (χ3n) is 3.43. The zero-order chi connectivity index (χ0) is 14.8. The first-order chi connectivity index (χ1) is 10.1. The fraction of sp³-hybridized carbons (Fsp3) is 0.462. The molecule has 0 unspecified atom stereocenters. The molecule has 0 atom stereocenters. The van der Waals surface area contributed by atoms with Gasteiger partial charge < -0.3 is 4.90 Å². The first-order valence-electron chi connectivity index (χ1n) is 6.75. The summed E-state index contributed by atoms with van der Waals surface area (Å²) in [4.78, 5) is 14.1. The summed E-state index contributed by atoms with van der Waals surface area (Å²) in [6.07, 6.45) is 5.10. The van der Waals surface area contributed by atoms with Crippen LogP contribution in [0.2, 0.25) is 10.0 Å². The van der Waals surface area contributed by atoms with Gasteiger partial charge in [0.15, 0.2) is 10.8 Å². The predicted molar refractivity (Wildman–Crippen MR) is 84.2 cm³/mol. The van der Waals surface area contributed by atoms with Gasteiger partial charge in [0.25, 0.3) is 0 Å². The molecule has 2 aromatic rings. The van der Waals surface area contributed by atoms with Gasteiger partial charge in [-0.1, -0.05) is 35.0 Å². The largest absolute Gasteiger partial charge is 0.342 e. The SMILES string of the molecule is O=C(CSc1nnc2c(Cl)cc(Cl)cn12)N1CCCCC1. The van der Waals surface area contributed by atoms with Gasteiger partial charge >= 0.3 is 0 Å². The van der Waals surface area contributed by atoms with Crippen molar-refractivity contribution in [1.29, 1.82) is 0 Å². The number of halogens is 2. The highest BCUT2D eigenvalue weighted by molar-refractivity contribution is 7.99. The first-order valence-corrected chi connectivity index (χ1v) is 8.49. The normalized spacial score (nSPS) is 15.6. The van der Waals surface area contributed by atoms with Crippen LogP contribution in [0, 0.1) is 0 Å². The summed E-state index contributed by atoms with van der Waals surface area (Å²) in [6, 6.07) is 1.63. The first kappa shape index (κ1) is 14.9. The van der Waals surface area contributed by atoms with Gasteiger partial charge in [-0.2, -0.15) is 0 Å². The third kappa shape index (κ3) is 3.27. The number of thioether (sulfide) groups is 1. The Balaban J connectivity index is 1.72. The molecule has 3 heterocycles. The van der Waals surface area contributed by atoms with Crippen LogP contribution in [0.3, 0.4) is 0 Å². The van der Waals surface area contributed by atoms with E-state index in [9.17, 15) is 4.79 Å². The van der Waals surface area contributed by atoms with Crippen LogP contribution in [-0.2, 0) is 4.79 Å². The van der Waals surface area contributed by atoms with Crippen molar-refractivity contribution in [2.75, 3.05) is 18.8 Å². The van der Waals surface area contributed by atoms with Crippen molar-refractivity contribution in [3.63, 3.8) is 0 Å². The number of amides is 1. The van der Waals surface area contributed by atoms with Crippen molar-refractivity contribution in [2.24, 2.45) is 0 Å². The van der Waals surface area contributed by atoms with Crippen LogP contribution < -0.4 is 0 Å². The fourth-order valence-corrected chi connectivity index (χ4v) is 3.68. The average Bonchev–Trinajstić information content (AvgIpc) is 2.89. The van der Waals surface area contributed by atoms with Crippen LogP contribution in [-0.4, -0.2) is 44.2 Å². The van der Waals surface area contributed by atoms with Gasteiger partial charge in [0.1, 0.15) is 0 Å². The van der Waals surface area contributed by atoms with E-state index in [0.717, 1.165) is 25.9 Å². The lowest BCUT2D eigenvalue weighted by Crippen LogP contribution is -2.36. The molecule has 3 rings (SSSR count). The highest BCUT2D eigenvalue weighted by Crippen LogP contribution is 2.25. The highest BCUT2D eigenvalue weighted by Gasteiger charge is 2.18. The lowest BCUT2D eigenvalue weighted by molar-refractivity contribution is -0.129. The molecule has 1 saturated heterocycles. The second kappa shape index (κ2) is 6.42. The standard InChI is InChI=1S/C13H14Cl2N4OS/c14-9-6-10(15)12-16-17-13(19(12)7-9)21-8-11(20)18-4-2-1-3-5-18/h6-7H,1-5,8H2. The number of piperidine rings is 1. The summed E-state index contributed by atoms with van der Waals surface area (Å²) < 4.78 is 1.72. The molecule has 0 saturated carbocycles. The highest BCUT2D eigenvalue weighted by atomic mass is 35.5. The monoisotopic (exact) mass is 344 g/mol. The number of carbonyl (C=O) groups excluding carboxylic acids is 1. The molecule has 0 aromatic carbocycles.